The SMILES string of the molecule is O=CNc1nc(/C(=N/OC2C=CCC2)C(=O)NC2C(CI)=C(C(=O)OC(c3ccccc3)c3ccccc3)N3C(=O)C[C@H]3S2=O)cs1. The smallest absolute Gasteiger partial charge is 0.356 e. The molecule has 1 saturated heterocycles. The van der Waals surface area contributed by atoms with E-state index < -0.39 is 39.5 Å². The Morgan fingerprint density at radius 3 is 2.45 bits per heavy atom. The van der Waals surface area contributed by atoms with Crippen LogP contribution in [0.25, 0.3) is 0 Å². The Hall–Kier alpha value is -4.22. The second-order valence-corrected chi connectivity index (χ2v) is 13.9. The summed E-state index contributed by atoms with van der Waals surface area (Å²) < 4.78 is 20.1. The summed E-state index contributed by atoms with van der Waals surface area (Å²) in [6.07, 6.45) is 4.56. The van der Waals surface area contributed by atoms with Gasteiger partial charge in [0.15, 0.2) is 16.9 Å². The minimum Gasteiger partial charge on any atom is -0.448 e. The molecule has 0 saturated carbocycles. The highest BCUT2D eigenvalue weighted by Crippen LogP contribution is 2.39. The van der Waals surface area contributed by atoms with Crippen LogP contribution in [0.15, 0.2) is 94.6 Å². The molecule has 0 bridgehead atoms. The molecule has 242 valence electrons. The molecule has 15 heteroatoms. The number of aromatic nitrogens is 1. The first-order valence-electron chi connectivity index (χ1n) is 14.6. The number of nitrogens with zero attached hydrogens (tertiary/aromatic N) is 3. The number of benzene rings is 2. The van der Waals surface area contributed by atoms with Crippen LogP contribution in [0.4, 0.5) is 5.13 Å². The molecule has 3 heterocycles. The molecule has 1 fully saturated rings. The van der Waals surface area contributed by atoms with E-state index >= 15 is 0 Å². The van der Waals surface area contributed by atoms with E-state index in [0.29, 0.717) is 12.8 Å². The van der Waals surface area contributed by atoms with Gasteiger partial charge >= 0.3 is 5.97 Å². The van der Waals surface area contributed by atoms with Gasteiger partial charge in [0.25, 0.3) is 5.91 Å². The largest absolute Gasteiger partial charge is 0.448 e. The molecule has 0 spiro atoms. The molecule has 1 aromatic heterocycles. The third-order valence-electron chi connectivity index (χ3n) is 7.69. The number of fused-ring (bicyclic) bond motifs is 1. The Morgan fingerprint density at radius 1 is 1.15 bits per heavy atom. The number of nitrogens with one attached hydrogen (secondary N) is 2. The molecular weight excluding hydrogens is 757 g/mol. The quantitative estimate of drug-likeness (QED) is 0.0409. The molecule has 0 radical (unpaired) electrons. The van der Waals surface area contributed by atoms with E-state index in [1.807, 2.05) is 95.4 Å². The summed E-state index contributed by atoms with van der Waals surface area (Å²) in [5, 5.41) is 9.14. The number of rotatable bonds is 12. The van der Waals surface area contributed by atoms with E-state index in [0.717, 1.165) is 28.9 Å². The Bertz CT molecular complexity index is 1760. The summed E-state index contributed by atoms with van der Waals surface area (Å²) in [5.41, 5.74) is 1.61. The van der Waals surface area contributed by atoms with Gasteiger partial charge in [-0.05, 0) is 30.0 Å². The van der Waals surface area contributed by atoms with Gasteiger partial charge in [-0.2, -0.15) is 0 Å². The van der Waals surface area contributed by atoms with Crippen molar-refractivity contribution in [2.45, 2.75) is 42.2 Å². The minimum absolute atomic E-state index is 0.0422. The van der Waals surface area contributed by atoms with E-state index in [1.165, 1.54) is 10.3 Å². The maximum Gasteiger partial charge on any atom is 0.356 e. The zero-order valence-corrected chi connectivity index (χ0v) is 28.4. The van der Waals surface area contributed by atoms with Crippen molar-refractivity contribution in [3.8, 4) is 0 Å². The highest BCUT2D eigenvalue weighted by Gasteiger charge is 2.53. The number of β-lactam (4-membered cyclic amide) rings is 1. The van der Waals surface area contributed by atoms with E-state index in [-0.39, 0.29) is 50.7 Å². The van der Waals surface area contributed by atoms with Gasteiger partial charge in [0.1, 0.15) is 28.2 Å². The van der Waals surface area contributed by atoms with Crippen LogP contribution < -0.4 is 10.6 Å². The number of halogens is 1. The molecule has 12 nitrogen and oxygen atoms in total. The van der Waals surface area contributed by atoms with Gasteiger partial charge in [-0.3, -0.25) is 23.5 Å². The van der Waals surface area contributed by atoms with Gasteiger partial charge in [0.2, 0.25) is 12.3 Å². The summed E-state index contributed by atoms with van der Waals surface area (Å²) in [4.78, 5) is 62.9. The predicted octanol–water partition coefficient (Wildman–Crippen LogP) is 3.94. The molecule has 4 atom stereocenters. The number of amides is 3. The molecule has 2 aromatic carbocycles. The second kappa shape index (κ2) is 14.7. The van der Waals surface area contributed by atoms with Crippen LogP contribution in [0.1, 0.15) is 42.2 Å². The van der Waals surface area contributed by atoms with Crippen molar-refractivity contribution in [2.75, 3.05) is 9.74 Å². The van der Waals surface area contributed by atoms with E-state index in [1.54, 1.807) is 0 Å². The lowest BCUT2D eigenvalue weighted by Crippen LogP contribution is -2.63. The average Bonchev–Trinajstić information content (AvgIpc) is 3.78. The zero-order valence-electron chi connectivity index (χ0n) is 24.6. The fourth-order valence-corrected chi connectivity index (χ4v) is 8.88. The molecule has 3 amide bonds. The van der Waals surface area contributed by atoms with Crippen molar-refractivity contribution in [3.63, 3.8) is 0 Å². The predicted molar refractivity (Wildman–Crippen MR) is 184 cm³/mol. The maximum absolute atomic E-state index is 14.1. The van der Waals surface area contributed by atoms with Crippen LogP contribution in [0.5, 0.6) is 0 Å². The second-order valence-electron chi connectivity index (χ2n) is 10.6. The standard InChI is InChI=1S/C32H28IN5O7S2/c33-16-22-27(31(42)44-28(19-9-3-1-4-10-19)20-11-5-2-6-12-20)38-24(40)15-25(38)47(43)30(22)36-29(41)26(37-45-21-13-7-8-14-21)23-17-46-32(35-23)34-18-39/h1-7,9-13,17-18,21,25,28,30H,8,14-16H2,(H,36,41)(H,34,35,39)/b37-26-/t21?,25-,30?,47?/m1/s1. The fourth-order valence-electron chi connectivity index (χ4n) is 5.38. The molecule has 6 rings (SSSR count). The van der Waals surface area contributed by atoms with Gasteiger partial charge < -0.3 is 20.2 Å². The molecule has 1 aliphatic carbocycles. The lowest BCUT2D eigenvalue weighted by atomic mass is 10.0. The van der Waals surface area contributed by atoms with E-state index in [9.17, 15) is 23.4 Å². The van der Waals surface area contributed by atoms with E-state index in [2.05, 4.69) is 20.8 Å². The van der Waals surface area contributed by atoms with Gasteiger partial charge in [0, 0.05) is 15.4 Å². The monoisotopic (exact) mass is 785 g/mol. The van der Waals surface area contributed by atoms with Crippen LogP contribution in [-0.4, -0.2) is 65.3 Å². The summed E-state index contributed by atoms with van der Waals surface area (Å²) in [5.74, 6) is -1.90. The van der Waals surface area contributed by atoms with Crippen LogP contribution in [0, 0.1) is 0 Å². The fraction of sp³-hybridized carbons (Fsp3) is 0.250. The summed E-state index contributed by atoms with van der Waals surface area (Å²) >= 11 is 3.10. The number of oxime groups is 1. The maximum atomic E-state index is 14.1. The number of carbonyl (C=O) groups is 4. The number of alkyl halides is 1. The molecular formula is C32H28IN5O7S2. The molecule has 2 N–H and O–H groups in total. The van der Waals surface area contributed by atoms with Crippen LogP contribution >= 0.6 is 33.9 Å². The topological polar surface area (TPSA) is 156 Å². The molecule has 3 aliphatic rings. The normalized spacial score (nSPS) is 22.0. The third kappa shape index (κ3) is 6.92. The first-order chi connectivity index (χ1) is 22.9. The van der Waals surface area contributed by atoms with Crippen molar-refractivity contribution in [2.24, 2.45) is 5.16 Å². The van der Waals surface area contributed by atoms with Gasteiger partial charge in [0.05, 0.1) is 17.2 Å². The Labute approximate surface area is 289 Å². The Morgan fingerprint density at radius 2 is 1.85 bits per heavy atom. The molecule has 47 heavy (non-hydrogen) atoms. The van der Waals surface area contributed by atoms with Crippen LogP contribution in [0.2, 0.25) is 0 Å². The molecule has 2 aliphatic heterocycles. The first-order valence-corrected chi connectivity index (χ1v) is 18.3. The van der Waals surface area contributed by atoms with Crippen molar-refractivity contribution >= 4 is 79.8 Å². The van der Waals surface area contributed by atoms with Gasteiger partial charge in [-0.1, -0.05) is 94.5 Å². The number of carbonyl (C=O) groups excluding carboxylic acids is 4. The lowest BCUT2D eigenvalue weighted by Gasteiger charge is -2.46. The summed E-state index contributed by atoms with van der Waals surface area (Å²) in [7, 11) is -1.82. The summed E-state index contributed by atoms with van der Waals surface area (Å²) in [6.45, 7) is 0. The Balaban J connectivity index is 1.34. The van der Waals surface area contributed by atoms with Crippen molar-refractivity contribution in [3.05, 3.63) is 106 Å². The zero-order chi connectivity index (χ0) is 32.9. The Kier molecular flexibility index (Phi) is 10.2. The lowest BCUT2D eigenvalue weighted by molar-refractivity contribution is -0.152. The average molecular weight is 786 g/mol. The molecule has 3 aromatic rings. The first kappa shape index (κ1) is 32.7. The third-order valence-corrected chi connectivity index (χ3v) is 11.1. The van der Waals surface area contributed by atoms with E-state index in [4.69, 9.17) is 9.57 Å². The van der Waals surface area contributed by atoms with Gasteiger partial charge in [-0.15, -0.1) is 11.3 Å². The minimum atomic E-state index is -1.82. The number of allylic oxidation sites excluding steroid dienone is 1. The summed E-state index contributed by atoms with van der Waals surface area (Å²) in [6, 6.07) is 18.4. The number of hydrogen-bond acceptors (Lipinski definition) is 10. The van der Waals surface area contributed by atoms with Crippen molar-refractivity contribution < 1.29 is 33.0 Å². The number of anilines is 1. The highest BCUT2D eigenvalue weighted by molar-refractivity contribution is 14.1. The van der Waals surface area contributed by atoms with Crippen LogP contribution in [-0.2, 0) is 39.6 Å². The number of esters is 1. The number of hydrogen-bond donors (Lipinski definition) is 2. The van der Waals surface area contributed by atoms with Gasteiger partial charge in [-0.25, -0.2) is 9.78 Å². The van der Waals surface area contributed by atoms with Crippen molar-refractivity contribution in [1.82, 2.24) is 15.2 Å². The van der Waals surface area contributed by atoms with Crippen molar-refractivity contribution in [1.29, 1.82) is 0 Å². The number of ether oxygens (including phenoxy) is 1. The molecule has 3 unspecified atom stereocenters. The van der Waals surface area contributed by atoms with Crippen LogP contribution in [0.3, 0.4) is 0 Å². The number of thiazole rings is 1. The highest BCUT2D eigenvalue weighted by atomic mass is 127.